The number of nitrogens with one attached hydrogen (secondary N) is 1. The highest BCUT2D eigenvalue weighted by Crippen LogP contribution is 2.30. The molecule has 3 aromatic carbocycles. The number of amides is 3. The lowest BCUT2D eigenvalue weighted by atomic mass is 10.0. The van der Waals surface area contributed by atoms with Crippen molar-refractivity contribution in [3.63, 3.8) is 0 Å². The number of piperazine rings is 1. The summed E-state index contributed by atoms with van der Waals surface area (Å²) < 4.78 is 0. The molecule has 0 atom stereocenters. The highest BCUT2D eigenvalue weighted by atomic mass is 16.2. The summed E-state index contributed by atoms with van der Waals surface area (Å²) in [5.74, 6) is 0.146. The zero-order valence-electron chi connectivity index (χ0n) is 17.8. The number of rotatable bonds is 4. The minimum Gasteiger partial charge on any atom is -0.335 e. The van der Waals surface area contributed by atoms with E-state index in [2.05, 4.69) is 5.32 Å². The van der Waals surface area contributed by atoms with Crippen LogP contribution in [0.5, 0.6) is 0 Å². The maximum absolute atomic E-state index is 13.1. The van der Waals surface area contributed by atoms with Crippen LogP contribution in [-0.4, -0.2) is 53.7 Å². The van der Waals surface area contributed by atoms with Crippen molar-refractivity contribution in [2.24, 2.45) is 5.92 Å². The molecule has 1 saturated carbocycles. The van der Waals surface area contributed by atoms with E-state index >= 15 is 0 Å². The van der Waals surface area contributed by atoms with Gasteiger partial charge in [0.1, 0.15) is 0 Å². The van der Waals surface area contributed by atoms with E-state index in [-0.39, 0.29) is 23.6 Å². The molecule has 0 radical (unpaired) electrons. The number of nitrogens with zero attached hydrogens (tertiary/aromatic N) is 2. The fourth-order valence-electron chi connectivity index (χ4n) is 4.16. The largest absolute Gasteiger partial charge is 0.335 e. The molecule has 1 saturated heterocycles. The third-order valence-electron chi connectivity index (χ3n) is 6.22. The Balaban J connectivity index is 1.21. The lowest BCUT2D eigenvalue weighted by molar-refractivity contribution is -0.117. The van der Waals surface area contributed by atoms with Crippen molar-refractivity contribution in [3.05, 3.63) is 77.9 Å². The standard InChI is InChI=1S/C26H25N3O3/c30-24(19-8-9-19)27-21-12-10-20(11-13-21)25(31)28-14-16-29(17-15-28)26(32)23-7-3-5-18-4-1-2-6-22(18)23/h1-7,10-13,19H,8-9,14-17H2,(H,27,30). The molecule has 0 bridgehead atoms. The number of carbonyl (C=O) groups is 3. The lowest BCUT2D eigenvalue weighted by Gasteiger charge is -2.35. The average Bonchev–Trinajstić information content (AvgIpc) is 3.69. The zero-order chi connectivity index (χ0) is 22.1. The van der Waals surface area contributed by atoms with Gasteiger partial charge in [-0.1, -0.05) is 36.4 Å². The fraction of sp³-hybridized carbons (Fsp3) is 0.269. The number of fused-ring (bicyclic) bond motifs is 1. The molecule has 6 heteroatoms. The average molecular weight is 428 g/mol. The number of hydrogen-bond donors (Lipinski definition) is 1. The predicted octanol–water partition coefficient (Wildman–Crippen LogP) is 3.79. The first-order valence-electron chi connectivity index (χ1n) is 11.1. The molecular formula is C26H25N3O3. The zero-order valence-corrected chi connectivity index (χ0v) is 17.8. The van der Waals surface area contributed by atoms with E-state index < -0.39 is 0 Å². The third-order valence-corrected chi connectivity index (χ3v) is 6.22. The topological polar surface area (TPSA) is 69.7 Å². The van der Waals surface area contributed by atoms with Gasteiger partial charge in [0.05, 0.1) is 0 Å². The minimum atomic E-state index is -0.0534. The number of benzene rings is 3. The van der Waals surface area contributed by atoms with E-state index in [0.29, 0.717) is 43.0 Å². The molecule has 0 unspecified atom stereocenters. The maximum Gasteiger partial charge on any atom is 0.254 e. The van der Waals surface area contributed by atoms with Crippen LogP contribution in [0.4, 0.5) is 5.69 Å². The molecule has 1 aliphatic carbocycles. The van der Waals surface area contributed by atoms with Gasteiger partial charge < -0.3 is 15.1 Å². The van der Waals surface area contributed by atoms with E-state index in [1.165, 1.54) is 0 Å². The van der Waals surface area contributed by atoms with Crippen molar-refractivity contribution < 1.29 is 14.4 Å². The fourth-order valence-corrected chi connectivity index (χ4v) is 4.16. The lowest BCUT2D eigenvalue weighted by Crippen LogP contribution is -2.50. The van der Waals surface area contributed by atoms with Crippen molar-refractivity contribution in [1.82, 2.24) is 9.80 Å². The van der Waals surface area contributed by atoms with Crippen LogP contribution in [0, 0.1) is 5.92 Å². The van der Waals surface area contributed by atoms with Gasteiger partial charge in [0.15, 0.2) is 0 Å². The summed E-state index contributed by atoms with van der Waals surface area (Å²) in [6, 6.07) is 20.7. The van der Waals surface area contributed by atoms with E-state index in [1.807, 2.05) is 47.4 Å². The Morgan fingerprint density at radius 3 is 2.03 bits per heavy atom. The Labute approximate surface area is 186 Å². The van der Waals surface area contributed by atoms with Gasteiger partial charge in [-0.25, -0.2) is 0 Å². The molecular weight excluding hydrogens is 402 g/mol. The van der Waals surface area contributed by atoms with Gasteiger partial charge in [-0.15, -0.1) is 0 Å². The van der Waals surface area contributed by atoms with Crippen molar-refractivity contribution in [2.75, 3.05) is 31.5 Å². The summed E-state index contributed by atoms with van der Waals surface area (Å²) in [5.41, 5.74) is 2.00. The SMILES string of the molecule is O=C(Nc1ccc(C(=O)N2CCN(C(=O)c3cccc4ccccc34)CC2)cc1)C1CC1. The van der Waals surface area contributed by atoms with Gasteiger partial charge in [-0.05, 0) is 53.9 Å². The smallest absolute Gasteiger partial charge is 0.254 e. The molecule has 3 aromatic rings. The summed E-state index contributed by atoms with van der Waals surface area (Å²) in [4.78, 5) is 41.5. The molecule has 2 aliphatic rings. The summed E-state index contributed by atoms with van der Waals surface area (Å²) >= 11 is 0. The maximum atomic E-state index is 13.1. The molecule has 1 heterocycles. The highest BCUT2D eigenvalue weighted by molar-refractivity contribution is 6.07. The number of hydrogen-bond acceptors (Lipinski definition) is 3. The van der Waals surface area contributed by atoms with Gasteiger partial charge in [0.25, 0.3) is 11.8 Å². The Morgan fingerprint density at radius 1 is 0.719 bits per heavy atom. The van der Waals surface area contributed by atoms with Crippen molar-refractivity contribution in [3.8, 4) is 0 Å². The molecule has 1 aliphatic heterocycles. The predicted molar refractivity (Wildman–Crippen MR) is 124 cm³/mol. The normalized spacial score (nSPS) is 16.1. The quantitative estimate of drug-likeness (QED) is 0.689. The molecule has 6 nitrogen and oxygen atoms in total. The van der Waals surface area contributed by atoms with Gasteiger partial charge >= 0.3 is 0 Å². The van der Waals surface area contributed by atoms with Crippen LogP contribution in [0.15, 0.2) is 66.7 Å². The van der Waals surface area contributed by atoms with Crippen molar-refractivity contribution in [2.45, 2.75) is 12.8 Å². The molecule has 162 valence electrons. The van der Waals surface area contributed by atoms with Crippen LogP contribution in [0.25, 0.3) is 10.8 Å². The Bertz CT molecular complexity index is 1170. The van der Waals surface area contributed by atoms with Gasteiger partial charge in [-0.2, -0.15) is 0 Å². The molecule has 0 aromatic heterocycles. The second-order valence-corrected chi connectivity index (χ2v) is 8.45. The van der Waals surface area contributed by atoms with Gasteiger partial charge in [0.2, 0.25) is 5.91 Å². The monoisotopic (exact) mass is 427 g/mol. The Hall–Kier alpha value is -3.67. The summed E-state index contributed by atoms with van der Waals surface area (Å²) in [7, 11) is 0. The van der Waals surface area contributed by atoms with E-state index in [1.54, 1.807) is 29.2 Å². The van der Waals surface area contributed by atoms with Crippen LogP contribution in [0.3, 0.4) is 0 Å². The Morgan fingerprint density at radius 2 is 1.34 bits per heavy atom. The molecule has 32 heavy (non-hydrogen) atoms. The number of anilines is 1. The summed E-state index contributed by atoms with van der Waals surface area (Å²) in [6.45, 7) is 2.00. The van der Waals surface area contributed by atoms with E-state index in [4.69, 9.17) is 0 Å². The van der Waals surface area contributed by atoms with Crippen LogP contribution < -0.4 is 5.32 Å². The minimum absolute atomic E-state index is 0.00431. The molecule has 1 N–H and O–H groups in total. The van der Waals surface area contributed by atoms with Gasteiger partial charge in [-0.3, -0.25) is 14.4 Å². The first-order chi connectivity index (χ1) is 15.6. The van der Waals surface area contributed by atoms with Gasteiger partial charge in [0, 0.05) is 48.9 Å². The third kappa shape index (κ3) is 4.08. The molecule has 5 rings (SSSR count). The Kier molecular flexibility index (Phi) is 5.35. The van der Waals surface area contributed by atoms with Crippen molar-refractivity contribution in [1.29, 1.82) is 0 Å². The summed E-state index contributed by atoms with van der Waals surface area (Å²) in [6.07, 6.45) is 1.91. The highest BCUT2D eigenvalue weighted by Gasteiger charge is 2.30. The molecule has 2 fully saturated rings. The first kappa shape index (κ1) is 20.2. The van der Waals surface area contributed by atoms with Crippen LogP contribution >= 0.6 is 0 Å². The van der Waals surface area contributed by atoms with Crippen LogP contribution in [0.2, 0.25) is 0 Å². The van der Waals surface area contributed by atoms with E-state index in [0.717, 1.165) is 23.6 Å². The number of carbonyl (C=O) groups excluding carboxylic acids is 3. The molecule has 3 amide bonds. The molecule has 0 spiro atoms. The summed E-state index contributed by atoms with van der Waals surface area (Å²) in [5, 5.41) is 4.88. The first-order valence-corrected chi connectivity index (χ1v) is 11.1. The van der Waals surface area contributed by atoms with E-state index in [9.17, 15) is 14.4 Å². The second kappa shape index (κ2) is 8.46. The van der Waals surface area contributed by atoms with Crippen LogP contribution in [0.1, 0.15) is 33.6 Å². The van der Waals surface area contributed by atoms with Crippen LogP contribution in [-0.2, 0) is 4.79 Å². The van der Waals surface area contributed by atoms with Crippen molar-refractivity contribution >= 4 is 34.2 Å². The second-order valence-electron chi connectivity index (χ2n) is 8.45.